The number of carboxylic acid groups (broad SMARTS) is 1. The summed E-state index contributed by atoms with van der Waals surface area (Å²) < 4.78 is 28.3. The molecule has 7 nitrogen and oxygen atoms in total. The lowest BCUT2D eigenvalue weighted by atomic mass is 9.92. The standard InChI is InChI=1S/C15H20N2O5S/c18-14(15(19)20)11-5-7-16(8-6-11)23(21,22)17-9-12-3-1-2-4-13(12)10-17/h1-4,11,14,18H,5-10H2,(H,19,20). The van der Waals surface area contributed by atoms with Gasteiger partial charge in [-0.2, -0.15) is 17.0 Å². The number of hydrogen-bond acceptors (Lipinski definition) is 4. The number of carboxylic acids is 1. The number of nitrogens with zero attached hydrogens (tertiary/aromatic N) is 2. The number of aliphatic carboxylic acids is 1. The summed E-state index contributed by atoms with van der Waals surface area (Å²) in [6.07, 6.45) is -0.711. The highest BCUT2D eigenvalue weighted by atomic mass is 32.2. The molecule has 2 aliphatic heterocycles. The topological polar surface area (TPSA) is 98.1 Å². The van der Waals surface area contributed by atoms with Crippen LogP contribution in [0.1, 0.15) is 24.0 Å². The Labute approximate surface area is 135 Å². The minimum Gasteiger partial charge on any atom is -0.479 e. The first kappa shape index (κ1) is 16.4. The van der Waals surface area contributed by atoms with Crippen LogP contribution in [0.25, 0.3) is 0 Å². The Morgan fingerprint density at radius 2 is 1.61 bits per heavy atom. The van der Waals surface area contributed by atoms with E-state index in [4.69, 9.17) is 5.11 Å². The van der Waals surface area contributed by atoms with Crippen molar-refractivity contribution < 1.29 is 23.4 Å². The van der Waals surface area contributed by atoms with Gasteiger partial charge in [-0.05, 0) is 29.9 Å². The van der Waals surface area contributed by atoms with Gasteiger partial charge in [0.1, 0.15) is 0 Å². The van der Waals surface area contributed by atoms with Crippen molar-refractivity contribution in [1.82, 2.24) is 8.61 Å². The molecule has 1 saturated heterocycles. The molecule has 2 heterocycles. The molecule has 0 radical (unpaired) electrons. The van der Waals surface area contributed by atoms with Crippen LogP contribution in [0, 0.1) is 5.92 Å². The van der Waals surface area contributed by atoms with Crippen molar-refractivity contribution in [1.29, 1.82) is 0 Å². The quantitative estimate of drug-likeness (QED) is 0.827. The summed E-state index contributed by atoms with van der Waals surface area (Å²) in [6.45, 7) is 1.22. The van der Waals surface area contributed by atoms with E-state index in [1.807, 2.05) is 24.3 Å². The number of aliphatic hydroxyl groups excluding tert-OH is 1. The maximum Gasteiger partial charge on any atom is 0.332 e. The smallest absolute Gasteiger partial charge is 0.332 e. The van der Waals surface area contributed by atoms with Crippen molar-refractivity contribution >= 4 is 16.2 Å². The van der Waals surface area contributed by atoms with Gasteiger partial charge in [-0.1, -0.05) is 24.3 Å². The normalized spacial score (nSPS) is 22.0. The van der Waals surface area contributed by atoms with Crippen LogP contribution in [0.15, 0.2) is 24.3 Å². The summed E-state index contributed by atoms with van der Waals surface area (Å²) in [5.74, 6) is -1.64. The van der Waals surface area contributed by atoms with E-state index in [-0.39, 0.29) is 13.1 Å². The second-order valence-electron chi connectivity index (χ2n) is 6.06. The number of fused-ring (bicyclic) bond motifs is 1. The van der Waals surface area contributed by atoms with Gasteiger partial charge in [-0.25, -0.2) is 4.79 Å². The number of rotatable bonds is 4. The molecule has 0 spiro atoms. The molecular formula is C15H20N2O5S. The highest BCUT2D eigenvalue weighted by molar-refractivity contribution is 7.86. The summed E-state index contributed by atoms with van der Waals surface area (Å²) in [4.78, 5) is 10.8. The number of benzene rings is 1. The lowest BCUT2D eigenvalue weighted by molar-refractivity contribution is -0.150. The molecule has 3 rings (SSSR count). The average molecular weight is 340 g/mol. The predicted octanol–water partition coefficient (Wildman–Crippen LogP) is 0.405. The zero-order valence-electron chi connectivity index (χ0n) is 12.6. The SMILES string of the molecule is O=C(O)C(O)C1CCN(S(=O)(=O)N2Cc3ccccc3C2)CC1. The summed E-state index contributed by atoms with van der Waals surface area (Å²) >= 11 is 0. The van der Waals surface area contributed by atoms with E-state index in [2.05, 4.69) is 0 Å². The van der Waals surface area contributed by atoms with Gasteiger partial charge in [-0.15, -0.1) is 0 Å². The first-order chi connectivity index (χ1) is 10.9. The van der Waals surface area contributed by atoms with Crippen LogP contribution in [-0.2, 0) is 28.1 Å². The van der Waals surface area contributed by atoms with Crippen molar-refractivity contribution in [3.8, 4) is 0 Å². The first-order valence-electron chi connectivity index (χ1n) is 7.62. The van der Waals surface area contributed by atoms with Gasteiger partial charge in [0.15, 0.2) is 6.10 Å². The summed E-state index contributed by atoms with van der Waals surface area (Å²) in [5.41, 5.74) is 2.04. The highest BCUT2D eigenvalue weighted by Crippen LogP contribution is 2.29. The number of piperidine rings is 1. The van der Waals surface area contributed by atoms with Crippen LogP contribution < -0.4 is 0 Å². The van der Waals surface area contributed by atoms with Crippen molar-refractivity contribution in [2.24, 2.45) is 5.92 Å². The number of carbonyl (C=O) groups is 1. The molecule has 23 heavy (non-hydrogen) atoms. The maximum absolute atomic E-state index is 12.7. The van der Waals surface area contributed by atoms with Crippen LogP contribution in [0.5, 0.6) is 0 Å². The third-order valence-corrected chi connectivity index (χ3v) is 6.59. The molecule has 2 aliphatic rings. The largest absolute Gasteiger partial charge is 0.479 e. The Morgan fingerprint density at radius 3 is 2.09 bits per heavy atom. The summed E-state index contributed by atoms with van der Waals surface area (Å²) in [6, 6.07) is 7.65. The fourth-order valence-electron chi connectivity index (χ4n) is 3.25. The molecular weight excluding hydrogens is 320 g/mol. The van der Waals surface area contributed by atoms with Crippen molar-refractivity contribution in [2.75, 3.05) is 13.1 Å². The van der Waals surface area contributed by atoms with Crippen molar-refractivity contribution in [2.45, 2.75) is 32.0 Å². The van der Waals surface area contributed by atoms with Gasteiger partial charge in [0.05, 0.1) is 0 Å². The Balaban J connectivity index is 1.65. The molecule has 1 unspecified atom stereocenters. The van der Waals surface area contributed by atoms with E-state index in [1.54, 1.807) is 0 Å². The Hall–Kier alpha value is -1.48. The van der Waals surface area contributed by atoms with Gasteiger partial charge in [-0.3, -0.25) is 0 Å². The molecule has 1 aromatic carbocycles. The van der Waals surface area contributed by atoms with E-state index in [1.165, 1.54) is 8.61 Å². The van der Waals surface area contributed by atoms with Gasteiger partial charge in [0, 0.05) is 26.2 Å². The third-order valence-electron chi connectivity index (χ3n) is 4.66. The van der Waals surface area contributed by atoms with Gasteiger partial charge in [0.2, 0.25) is 0 Å². The Kier molecular flexibility index (Phi) is 4.41. The van der Waals surface area contributed by atoms with E-state index in [0.717, 1.165) is 11.1 Å². The van der Waals surface area contributed by atoms with Gasteiger partial charge in [0.25, 0.3) is 10.2 Å². The number of hydrogen-bond donors (Lipinski definition) is 2. The lowest BCUT2D eigenvalue weighted by Gasteiger charge is -2.34. The average Bonchev–Trinajstić information content (AvgIpc) is 2.99. The fourth-order valence-corrected chi connectivity index (χ4v) is 4.86. The van der Waals surface area contributed by atoms with E-state index >= 15 is 0 Å². The minimum atomic E-state index is -3.56. The maximum atomic E-state index is 12.7. The highest BCUT2D eigenvalue weighted by Gasteiger charge is 2.38. The molecule has 8 heteroatoms. The molecule has 0 saturated carbocycles. The van der Waals surface area contributed by atoms with Crippen molar-refractivity contribution in [3.05, 3.63) is 35.4 Å². The summed E-state index contributed by atoms with van der Waals surface area (Å²) in [5, 5.41) is 18.4. The zero-order valence-corrected chi connectivity index (χ0v) is 13.4. The monoisotopic (exact) mass is 340 g/mol. The van der Waals surface area contributed by atoms with E-state index in [0.29, 0.717) is 25.9 Å². The molecule has 1 fully saturated rings. The van der Waals surface area contributed by atoms with Crippen LogP contribution >= 0.6 is 0 Å². The fraction of sp³-hybridized carbons (Fsp3) is 0.533. The van der Waals surface area contributed by atoms with Crippen LogP contribution in [-0.4, -0.2) is 52.4 Å². The molecule has 1 atom stereocenters. The van der Waals surface area contributed by atoms with Crippen LogP contribution in [0.2, 0.25) is 0 Å². The molecule has 0 amide bonds. The van der Waals surface area contributed by atoms with Crippen LogP contribution in [0.4, 0.5) is 0 Å². The van der Waals surface area contributed by atoms with Gasteiger partial charge >= 0.3 is 5.97 Å². The summed E-state index contributed by atoms with van der Waals surface area (Å²) in [7, 11) is -3.56. The Morgan fingerprint density at radius 1 is 1.09 bits per heavy atom. The predicted molar refractivity (Wildman–Crippen MR) is 82.5 cm³/mol. The zero-order chi connectivity index (χ0) is 16.6. The minimum absolute atomic E-state index is 0.240. The molecule has 1 aromatic rings. The molecule has 126 valence electrons. The Bertz CT molecular complexity index is 673. The molecule has 0 bridgehead atoms. The van der Waals surface area contributed by atoms with Crippen LogP contribution in [0.3, 0.4) is 0 Å². The second kappa shape index (κ2) is 6.20. The lowest BCUT2D eigenvalue weighted by Crippen LogP contribution is -2.47. The molecule has 2 N–H and O–H groups in total. The van der Waals surface area contributed by atoms with Gasteiger partial charge < -0.3 is 10.2 Å². The van der Waals surface area contributed by atoms with E-state index in [9.17, 15) is 18.3 Å². The molecule has 0 aromatic heterocycles. The second-order valence-corrected chi connectivity index (χ2v) is 7.99. The number of aliphatic hydroxyl groups is 1. The first-order valence-corrected chi connectivity index (χ1v) is 9.02. The third kappa shape index (κ3) is 3.12. The molecule has 0 aliphatic carbocycles. The van der Waals surface area contributed by atoms with Crippen molar-refractivity contribution in [3.63, 3.8) is 0 Å². The van der Waals surface area contributed by atoms with E-state index < -0.39 is 28.2 Å².